The maximum absolute atomic E-state index is 13.6. The minimum Gasteiger partial charge on any atom is -0.497 e. The number of non-ortho nitro benzene ring substituents is 1. The van der Waals surface area contributed by atoms with Gasteiger partial charge in [0.2, 0.25) is 0 Å². The van der Waals surface area contributed by atoms with Gasteiger partial charge in [-0.05, 0) is 49.2 Å². The zero-order chi connectivity index (χ0) is 25.9. The Morgan fingerprint density at radius 3 is 2.42 bits per heavy atom. The number of nitro benzene ring substituents is 1. The number of rotatable bonds is 4. The molecule has 0 amide bonds. The van der Waals surface area contributed by atoms with Crippen LogP contribution in [0.1, 0.15) is 31.2 Å². The SMILES string of the molecule is COc1ccc(-c2c3c(=O)n(C)c(=O)n(C)c3c3n2C(C)(C)CO[C@@H]3c2cccc([N+](=O)[O-])c2)cc1. The lowest BCUT2D eigenvalue weighted by Gasteiger charge is -2.39. The van der Waals surface area contributed by atoms with Crippen molar-refractivity contribution >= 4 is 16.6 Å². The van der Waals surface area contributed by atoms with Crippen molar-refractivity contribution in [3.05, 3.63) is 90.7 Å². The Bertz CT molecular complexity index is 1640. The van der Waals surface area contributed by atoms with E-state index in [9.17, 15) is 19.7 Å². The molecular weight excluding hydrogens is 464 g/mol. The molecule has 2 aromatic carbocycles. The predicted octanol–water partition coefficient (Wildman–Crippen LogP) is 3.48. The summed E-state index contributed by atoms with van der Waals surface area (Å²) in [7, 11) is 4.66. The molecule has 186 valence electrons. The topological polar surface area (TPSA) is 111 Å². The van der Waals surface area contributed by atoms with E-state index in [0.29, 0.717) is 33.6 Å². The highest BCUT2D eigenvalue weighted by Gasteiger charge is 2.41. The first-order chi connectivity index (χ1) is 17.1. The number of benzene rings is 2. The van der Waals surface area contributed by atoms with Crippen molar-refractivity contribution in [3.8, 4) is 17.0 Å². The predicted molar refractivity (Wildman–Crippen MR) is 135 cm³/mol. The van der Waals surface area contributed by atoms with Gasteiger partial charge in [-0.2, -0.15) is 0 Å². The molecule has 0 radical (unpaired) electrons. The Labute approximate surface area is 206 Å². The lowest BCUT2D eigenvalue weighted by Crippen LogP contribution is -2.40. The maximum atomic E-state index is 13.6. The van der Waals surface area contributed by atoms with Crippen LogP contribution in [0.3, 0.4) is 0 Å². The van der Waals surface area contributed by atoms with Crippen molar-refractivity contribution in [1.29, 1.82) is 0 Å². The van der Waals surface area contributed by atoms with Gasteiger partial charge in [-0.1, -0.05) is 12.1 Å². The Balaban J connectivity index is 1.95. The van der Waals surface area contributed by atoms with Crippen LogP contribution in [0.5, 0.6) is 5.75 Å². The van der Waals surface area contributed by atoms with Gasteiger partial charge in [0.1, 0.15) is 11.9 Å². The van der Waals surface area contributed by atoms with Crippen molar-refractivity contribution in [2.45, 2.75) is 25.5 Å². The highest BCUT2D eigenvalue weighted by Crippen LogP contribution is 2.45. The molecule has 2 aromatic heterocycles. The van der Waals surface area contributed by atoms with Gasteiger partial charge in [-0.25, -0.2) is 4.79 Å². The van der Waals surface area contributed by atoms with E-state index in [0.717, 1.165) is 10.1 Å². The molecule has 10 nitrogen and oxygen atoms in total. The van der Waals surface area contributed by atoms with Gasteiger partial charge in [0.05, 0.1) is 46.5 Å². The summed E-state index contributed by atoms with van der Waals surface area (Å²) in [5.74, 6) is 0.672. The first-order valence-electron chi connectivity index (χ1n) is 11.4. The van der Waals surface area contributed by atoms with Crippen LogP contribution in [-0.4, -0.2) is 32.3 Å². The van der Waals surface area contributed by atoms with Gasteiger partial charge in [0, 0.05) is 26.2 Å². The summed E-state index contributed by atoms with van der Waals surface area (Å²) in [5.41, 5.74) is 1.49. The Hall–Kier alpha value is -4.18. The zero-order valence-electron chi connectivity index (χ0n) is 20.6. The average Bonchev–Trinajstić information content (AvgIpc) is 3.24. The largest absolute Gasteiger partial charge is 0.497 e. The second-order valence-electron chi connectivity index (χ2n) is 9.58. The molecular formula is C26H26N4O6. The van der Waals surface area contributed by atoms with Crippen molar-refractivity contribution in [3.63, 3.8) is 0 Å². The van der Waals surface area contributed by atoms with Gasteiger partial charge in [0.25, 0.3) is 11.2 Å². The molecule has 0 saturated heterocycles. The number of ether oxygens (including phenoxy) is 2. The van der Waals surface area contributed by atoms with Crippen LogP contribution in [0.4, 0.5) is 5.69 Å². The van der Waals surface area contributed by atoms with E-state index in [4.69, 9.17) is 9.47 Å². The third-order valence-electron chi connectivity index (χ3n) is 6.81. The Morgan fingerprint density at radius 2 is 1.78 bits per heavy atom. The van der Waals surface area contributed by atoms with Gasteiger partial charge >= 0.3 is 5.69 Å². The first-order valence-corrected chi connectivity index (χ1v) is 11.4. The molecule has 0 N–H and O–H groups in total. The second-order valence-corrected chi connectivity index (χ2v) is 9.58. The van der Waals surface area contributed by atoms with Crippen LogP contribution in [0.25, 0.3) is 22.2 Å². The van der Waals surface area contributed by atoms with Crippen molar-refractivity contribution < 1.29 is 14.4 Å². The number of nitrogens with zero attached hydrogens (tertiary/aromatic N) is 4. The summed E-state index contributed by atoms with van der Waals surface area (Å²) < 4.78 is 16.2. The molecule has 4 aromatic rings. The van der Waals surface area contributed by atoms with Crippen LogP contribution < -0.4 is 16.0 Å². The standard InChI is InChI=1S/C26H26N4O6/c1-26(2)14-36-23(16-7-6-8-17(13-16)30(33)34)22-21-19(24(31)28(4)25(32)27(21)3)20(29(22)26)15-9-11-18(35-5)12-10-15/h6-13,23H,14H2,1-5H3/t23-/m1/s1. The molecule has 0 fully saturated rings. The maximum Gasteiger partial charge on any atom is 0.331 e. The molecule has 1 atom stereocenters. The van der Waals surface area contributed by atoms with E-state index in [1.807, 2.05) is 42.7 Å². The van der Waals surface area contributed by atoms with Crippen LogP contribution in [-0.2, 0) is 24.4 Å². The van der Waals surface area contributed by atoms with E-state index in [1.165, 1.54) is 23.7 Å². The zero-order valence-corrected chi connectivity index (χ0v) is 20.6. The second kappa shape index (κ2) is 8.20. The van der Waals surface area contributed by atoms with Crippen molar-refractivity contribution in [2.24, 2.45) is 14.1 Å². The lowest BCUT2D eigenvalue weighted by atomic mass is 9.97. The van der Waals surface area contributed by atoms with E-state index in [1.54, 1.807) is 26.3 Å². The van der Waals surface area contributed by atoms with Crippen LogP contribution in [0, 0.1) is 10.1 Å². The molecule has 5 rings (SSSR count). The van der Waals surface area contributed by atoms with E-state index >= 15 is 0 Å². The number of fused-ring (bicyclic) bond motifs is 3. The monoisotopic (exact) mass is 490 g/mol. The van der Waals surface area contributed by atoms with Gasteiger partial charge < -0.3 is 14.0 Å². The van der Waals surface area contributed by atoms with Gasteiger partial charge in [0.15, 0.2) is 0 Å². The first kappa shape index (κ1) is 23.6. The normalized spacial score (nSPS) is 16.6. The average molecular weight is 491 g/mol. The minimum atomic E-state index is -0.731. The number of hydrogen-bond donors (Lipinski definition) is 0. The van der Waals surface area contributed by atoms with Gasteiger partial charge in [-0.3, -0.25) is 24.0 Å². The van der Waals surface area contributed by atoms with Crippen LogP contribution >= 0.6 is 0 Å². The Morgan fingerprint density at radius 1 is 1.08 bits per heavy atom. The van der Waals surface area contributed by atoms with Gasteiger partial charge in [-0.15, -0.1) is 0 Å². The number of aryl methyl sites for hydroxylation is 1. The number of methoxy groups -OCH3 is 1. The third-order valence-corrected chi connectivity index (χ3v) is 6.81. The third kappa shape index (κ3) is 3.36. The smallest absolute Gasteiger partial charge is 0.331 e. The van der Waals surface area contributed by atoms with E-state index in [-0.39, 0.29) is 12.3 Å². The number of nitro groups is 1. The highest BCUT2D eigenvalue weighted by molar-refractivity contribution is 5.97. The fourth-order valence-corrected chi connectivity index (χ4v) is 5.07. The fourth-order valence-electron chi connectivity index (χ4n) is 5.07. The molecule has 1 aliphatic heterocycles. The Kier molecular flexibility index (Phi) is 5.36. The van der Waals surface area contributed by atoms with E-state index < -0.39 is 27.8 Å². The molecule has 0 unspecified atom stereocenters. The summed E-state index contributed by atoms with van der Waals surface area (Å²) in [5, 5.41) is 11.9. The molecule has 0 aliphatic carbocycles. The van der Waals surface area contributed by atoms with Crippen molar-refractivity contribution in [1.82, 2.24) is 13.7 Å². The fraction of sp³-hybridized carbons (Fsp3) is 0.308. The summed E-state index contributed by atoms with van der Waals surface area (Å²) in [6.45, 7) is 4.27. The molecule has 10 heteroatoms. The lowest BCUT2D eigenvalue weighted by molar-refractivity contribution is -0.385. The molecule has 3 heterocycles. The molecule has 0 bridgehead atoms. The van der Waals surface area contributed by atoms with Crippen LogP contribution in [0.15, 0.2) is 58.1 Å². The molecule has 1 aliphatic rings. The van der Waals surface area contributed by atoms with Crippen molar-refractivity contribution in [2.75, 3.05) is 13.7 Å². The number of aromatic nitrogens is 3. The van der Waals surface area contributed by atoms with Crippen LogP contribution in [0.2, 0.25) is 0 Å². The summed E-state index contributed by atoms with van der Waals surface area (Å²) in [4.78, 5) is 37.7. The van der Waals surface area contributed by atoms with E-state index in [2.05, 4.69) is 0 Å². The molecule has 36 heavy (non-hydrogen) atoms. The number of hydrogen-bond acceptors (Lipinski definition) is 6. The summed E-state index contributed by atoms with van der Waals surface area (Å²) in [6.07, 6.45) is -0.731. The summed E-state index contributed by atoms with van der Waals surface area (Å²) >= 11 is 0. The molecule has 0 spiro atoms. The highest BCUT2D eigenvalue weighted by atomic mass is 16.6. The minimum absolute atomic E-state index is 0.0662. The molecule has 0 saturated carbocycles. The summed E-state index contributed by atoms with van der Waals surface area (Å²) in [6, 6.07) is 13.6. The quantitative estimate of drug-likeness (QED) is 0.320.